The zero-order valence-corrected chi connectivity index (χ0v) is 34.5. The lowest BCUT2D eigenvalue weighted by Crippen LogP contribution is -2.66. The monoisotopic (exact) mass is 761 g/mol. The molecule has 0 bridgehead atoms. The molecule has 54 heavy (non-hydrogen) atoms. The molecule has 10 heteroatoms. The number of carbonyl (C=O) groups excluding carboxylic acids is 2. The standard InChI is InChI=1S/C44H60ClN3O6/c1-25(2)34-29(49)22-44(36-47-48-38(54-36)46-24-26-10-12-27(45)13-11-26)21-20-42(8)28(35(34)44)14-15-31-41(7)18-17-32(53-33(50)23-39(3,4)37(51)52)40(5,6)30(41)16-19-43(31,42)9/h10-13,25,28,30-32H,14-24H2,1-9H3,(H,46,48)(H,51,52)/t28-,30+,31-,32+,41+,42-,43-,44-/m1/s1. The van der Waals surface area contributed by atoms with E-state index in [0.29, 0.717) is 41.7 Å². The third-order valence-corrected chi connectivity index (χ3v) is 16.3. The molecule has 5 aliphatic carbocycles. The second-order valence-electron chi connectivity index (χ2n) is 19.9. The van der Waals surface area contributed by atoms with E-state index in [-0.39, 0.29) is 51.8 Å². The van der Waals surface area contributed by atoms with Gasteiger partial charge in [-0.25, -0.2) is 0 Å². The molecule has 9 nitrogen and oxygen atoms in total. The number of hydrogen-bond donors (Lipinski definition) is 2. The number of aliphatic carboxylic acids is 1. The molecule has 1 aromatic carbocycles. The predicted octanol–water partition coefficient (Wildman–Crippen LogP) is 9.98. The van der Waals surface area contributed by atoms with Gasteiger partial charge in [0.15, 0.2) is 5.78 Å². The van der Waals surface area contributed by atoms with Crippen LogP contribution in [0.5, 0.6) is 0 Å². The Balaban J connectivity index is 1.16. The van der Waals surface area contributed by atoms with Gasteiger partial charge in [-0.3, -0.25) is 14.4 Å². The Bertz CT molecular complexity index is 1860. The Morgan fingerprint density at radius 3 is 2.33 bits per heavy atom. The molecule has 0 radical (unpaired) electrons. The quantitative estimate of drug-likeness (QED) is 0.240. The second kappa shape index (κ2) is 13.2. The maximum Gasteiger partial charge on any atom is 0.315 e. The van der Waals surface area contributed by atoms with Crippen molar-refractivity contribution in [1.29, 1.82) is 0 Å². The Morgan fingerprint density at radius 2 is 1.67 bits per heavy atom. The molecular formula is C44H60ClN3O6. The number of hydrogen-bond acceptors (Lipinski definition) is 8. The van der Waals surface area contributed by atoms with Gasteiger partial charge in [0, 0.05) is 23.4 Å². The van der Waals surface area contributed by atoms with E-state index >= 15 is 0 Å². The normalized spacial score (nSPS) is 35.9. The number of ketones is 1. The first kappa shape index (κ1) is 39.1. The third kappa shape index (κ3) is 5.87. The van der Waals surface area contributed by atoms with E-state index in [9.17, 15) is 19.5 Å². The van der Waals surface area contributed by atoms with Crippen LogP contribution in [0.2, 0.25) is 5.02 Å². The number of anilines is 1. The number of esters is 1. The molecule has 0 spiro atoms. The molecule has 1 aromatic heterocycles. The number of rotatable bonds is 9. The molecule has 2 N–H and O–H groups in total. The van der Waals surface area contributed by atoms with Crippen LogP contribution in [-0.4, -0.2) is 39.1 Å². The Kier molecular flexibility index (Phi) is 9.54. The SMILES string of the molecule is CC(C)C1=C2[C@H]3CC[C@@H]4[C@@]5(C)CC[C@H](OC(=O)CC(C)(C)C(=O)O)C(C)(C)[C@@H]5CC[C@@]4(C)[C@]3(C)CC[C@@]2(c2nnc(NCc3ccc(Cl)cc3)o2)CC1=O. The van der Waals surface area contributed by atoms with Gasteiger partial charge >= 0.3 is 18.0 Å². The van der Waals surface area contributed by atoms with E-state index in [0.717, 1.165) is 62.5 Å². The molecule has 0 amide bonds. The molecule has 2 aromatic rings. The summed E-state index contributed by atoms with van der Waals surface area (Å²) in [5.41, 5.74) is 1.37. The lowest BCUT2D eigenvalue weighted by Gasteiger charge is -2.72. The van der Waals surface area contributed by atoms with Crippen molar-refractivity contribution >= 4 is 35.3 Å². The first-order valence-corrected chi connectivity index (χ1v) is 20.6. The average Bonchev–Trinajstić information content (AvgIpc) is 3.69. The van der Waals surface area contributed by atoms with Crippen molar-refractivity contribution < 1.29 is 28.6 Å². The summed E-state index contributed by atoms with van der Waals surface area (Å²) in [5, 5.41) is 22.7. The fraction of sp³-hybridized carbons (Fsp3) is 0.705. The second-order valence-corrected chi connectivity index (χ2v) is 20.3. The summed E-state index contributed by atoms with van der Waals surface area (Å²) in [6.45, 7) is 20.1. The number of nitrogens with zero attached hydrogens (tertiary/aromatic N) is 2. The molecule has 0 unspecified atom stereocenters. The molecular weight excluding hydrogens is 702 g/mol. The highest BCUT2D eigenvalue weighted by atomic mass is 35.5. The first-order valence-electron chi connectivity index (χ1n) is 20.2. The maximum atomic E-state index is 14.1. The van der Waals surface area contributed by atoms with Gasteiger partial charge in [-0.05, 0) is 134 Å². The topological polar surface area (TPSA) is 132 Å². The minimum absolute atomic E-state index is 0.0287. The van der Waals surface area contributed by atoms with Crippen LogP contribution in [0.3, 0.4) is 0 Å². The van der Waals surface area contributed by atoms with Crippen LogP contribution in [-0.2, 0) is 31.1 Å². The van der Waals surface area contributed by atoms with Crippen LogP contribution in [0.25, 0.3) is 0 Å². The fourth-order valence-corrected chi connectivity index (χ4v) is 13.1. The highest BCUT2D eigenvalue weighted by Gasteiger charge is 2.71. The van der Waals surface area contributed by atoms with E-state index in [4.69, 9.17) is 20.8 Å². The summed E-state index contributed by atoms with van der Waals surface area (Å²) in [7, 11) is 0. The number of benzene rings is 1. The van der Waals surface area contributed by atoms with Crippen LogP contribution >= 0.6 is 11.6 Å². The first-order chi connectivity index (χ1) is 25.2. The largest absolute Gasteiger partial charge is 0.481 e. The lowest BCUT2D eigenvalue weighted by atomic mass is 9.33. The number of fused-ring (bicyclic) bond motifs is 7. The number of aromatic nitrogens is 2. The molecule has 7 rings (SSSR count). The van der Waals surface area contributed by atoms with E-state index < -0.39 is 22.8 Å². The Morgan fingerprint density at radius 1 is 0.963 bits per heavy atom. The van der Waals surface area contributed by atoms with Crippen LogP contribution in [0, 0.1) is 50.7 Å². The summed E-state index contributed by atoms with van der Waals surface area (Å²) in [5.74, 6) is 0.543. The number of halogens is 1. The van der Waals surface area contributed by atoms with E-state index in [1.165, 1.54) is 5.57 Å². The highest BCUT2D eigenvalue weighted by molar-refractivity contribution is 6.30. The van der Waals surface area contributed by atoms with Gasteiger partial charge in [0.2, 0.25) is 5.89 Å². The number of Topliss-reactive ketones (excluding diaryl/α,β-unsaturated/α-hetero) is 1. The summed E-state index contributed by atoms with van der Waals surface area (Å²) in [4.78, 5) is 39.0. The zero-order chi connectivity index (χ0) is 39.2. The van der Waals surface area contributed by atoms with Gasteiger partial charge in [-0.2, -0.15) is 0 Å². The summed E-state index contributed by atoms with van der Waals surface area (Å²) >= 11 is 6.09. The number of carboxylic acids is 1. The number of carbonyl (C=O) groups is 3. The average molecular weight is 762 g/mol. The molecule has 0 aliphatic heterocycles. The van der Waals surface area contributed by atoms with Gasteiger partial charge in [-0.15, -0.1) is 5.10 Å². The van der Waals surface area contributed by atoms with Gasteiger partial charge in [0.1, 0.15) is 6.10 Å². The minimum Gasteiger partial charge on any atom is -0.481 e. The Labute approximate surface area is 325 Å². The smallest absolute Gasteiger partial charge is 0.315 e. The number of ether oxygens (including phenoxy) is 1. The van der Waals surface area contributed by atoms with Crippen molar-refractivity contribution in [1.82, 2.24) is 10.2 Å². The molecule has 1 heterocycles. The summed E-state index contributed by atoms with van der Waals surface area (Å²) < 4.78 is 12.6. The van der Waals surface area contributed by atoms with E-state index in [1.807, 2.05) is 24.3 Å². The van der Waals surface area contributed by atoms with Crippen molar-refractivity contribution in [2.45, 2.75) is 145 Å². The van der Waals surface area contributed by atoms with Crippen LogP contribution < -0.4 is 5.32 Å². The molecule has 4 saturated carbocycles. The summed E-state index contributed by atoms with van der Waals surface area (Å²) in [6, 6.07) is 8.03. The van der Waals surface area contributed by atoms with Gasteiger partial charge in [0.05, 0.1) is 17.3 Å². The zero-order valence-electron chi connectivity index (χ0n) is 33.7. The van der Waals surface area contributed by atoms with Gasteiger partial charge < -0.3 is 19.6 Å². The van der Waals surface area contributed by atoms with Crippen molar-refractivity contribution in [2.75, 3.05) is 5.32 Å². The van der Waals surface area contributed by atoms with Gasteiger partial charge in [-0.1, -0.05) is 77.3 Å². The maximum absolute atomic E-state index is 14.1. The predicted molar refractivity (Wildman–Crippen MR) is 208 cm³/mol. The van der Waals surface area contributed by atoms with Crippen LogP contribution in [0.15, 0.2) is 39.8 Å². The summed E-state index contributed by atoms with van der Waals surface area (Å²) in [6.07, 6.45) is 7.73. The lowest BCUT2D eigenvalue weighted by molar-refractivity contribution is -0.232. The molecule has 8 atom stereocenters. The van der Waals surface area contributed by atoms with E-state index in [1.54, 1.807) is 13.8 Å². The van der Waals surface area contributed by atoms with Crippen molar-refractivity contribution in [2.24, 2.45) is 50.7 Å². The highest BCUT2D eigenvalue weighted by Crippen LogP contribution is 2.76. The van der Waals surface area contributed by atoms with Crippen molar-refractivity contribution in [3.05, 3.63) is 51.9 Å². The van der Waals surface area contributed by atoms with Crippen LogP contribution in [0.4, 0.5) is 6.01 Å². The number of allylic oxidation sites excluding steroid dienone is 2. The fourth-order valence-electron chi connectivity index (χ4n) is 13.0. The molecule has 5 aliphatic rings. The Hall–Kier alpha value is -3.20. The van der Waals surface area contributed by atoms with Crippen LogP contribution in [0.1, 0.15) is 138 Å². The third-order valence-electron chi connectivity index (χ3n) is 16.0. The molecule has 4 fully saturated rings. The number of carboxylic acid groups (broad SMARTS) is 1. The van der Waals surface area contributed by atoms with Gasteiger partial charge in [0.25, 0.3) is 0 Å². The minimum atomic E-state index is -1.17. The molecule has 294 valence electrons. The molecule has 0 saturated heterocycles. The van der Waals surface area contributed by atoms with E-state index in [2.05, 4.69) is 64.0 Å². The number of nitrogens with one attached hydrogen (secondary N) is 1. The van der Waals surface area contributed by atoms with Crippen molar-refractivity contribution in [3.8, 4) is 0 Å². The van der Waals surface area contributed by atoms with Crippen molar-refractivity contribution in [3.63, 3.8) is 0 Å².